The summed E-state index contributed by atoms with van der Waals surface area (Å²) in [4.78, 5) is 11.7. The van der Waals surface area contributed by atoms with Crippen LogP contribution in [0.15, 0.2) is 24.3 Å². The van der Waals surface area contributed by atoms with Gasteiger partial charge in [0.15, 0.2) is 0 Å². The van der Waals surface area contributed by atoms with Gasteiger partial charge < -0.3 is 15.4 Å². The van der Waals surface area contributed by atoms with E-state index in [0.29, 0.717) is 19.1 Å². The van der Waals surface area contributed by atoms with Crippen molar-refractivity contribution in [2.24, 2.45) is 5.92 Å². The van der Waals surface area contributed by atoms with Gasteiger partial charge in [-0.05, 0) is 36.5 Å². The maximum Gasteiger partial charge on any atom is 0.319 e. The van der Waals surface area contributed by atoms with Crippen molar-refractivity contribution in [3.05, 3.63) is 29.8 Å². The highest BCUT2D eigenvalue weighted by molar-refractivity contribution is 5.89. The summed E-state index contributed by atoms with van der Waals surface area (Å²) in [5.74, 6) is 0.553. The Hall–Kier alpha value is -1.55. The minimum atomic E-state index is -0.165. The van der Waals surface area contributed by atoms with Gasteiger partial charge in [0.05, 0.1) is 0 Å². The lowest BCUT2D eigenvalue weighted by Crippen LogP contribution is -2.30. The molecule has 0 spiro atoms. The van der Waals surface area contributed by atoms with Crippen LogP contribution in [0.1, 0.15) is 32.8 Å². The van der Waals surface area contributed by atoms with E-state index in [0.717, 1.165) is 25.1 Å². The predicted molar refractivity (Wildman–Crippen MR) is 83.1 cm³/mol. The van der Waals surface area contributed by atoms with Crippen molar-refractivity contribution in [2.75, 3.05) is 25.1 Å². The lowest BCUT2D eigenvalue weighted by molar-refractivity contribution is 0.108. The number of hydrogen-bond donors (Lipinski definition) is 2. The molecule has 0 aliphatic heterocycles. The SMILES string of the molecule is CCc1cccc(NC(=O)NCCCOCC(C)C)c1. The largest absolute Gasteiger partial charge is 0.381 e. The molecule has 1 aromatic rings. The van der Waals surface area contributed by atoms with Crippen LogP contribution in [-0.4, -0.2) is 25.8 Å². The molecule has 0 heterocycles. The second-order valence-corrected chi connectivity index (χ2v) is 5.26. The van der Waals surface area contributed by atoms with E-state index in [1.54, 1.807) is 0 Å². The molecule has 0 saturated carbocycles. The molecule has 1 rings (SSSR count). The number of aryl methyl sites for hydroxylation is 1. The molecule has 0 radical (unpaired) electrons. The third-order valence-corrected chi connectivity index (χ3v) is 2.80. The number of benzene rings is 1. The van der Waals surface area contributed by atoms with E-state index < -0.39 is 0 Å². The van der Waals surface area contributed by atoms with E-state index in [-0.39, 0.29) is 6.03 Å². The molecule has 0 aromatic heterocycles. The van der Waals surface area contributed by atoms with E-state index in [2.05, 4.69) is 37.5 Å². The van der Waals surface area contributed by atoms with E-state index in [4.69, 9.17) is 4.74 Å². The van der Waals surface area contributed by atoms with Crippen molar-refractivity contribution in [1.82, 2.24) is 5.32 Å². The second-order valence-electron chi connectivity index (χ2n) is 5.26. The van der Waals surface area contributed by atoms with E-state index in [9.17, 15) is 4.79 Å². The number of nitrogens with one attached hydrogen (secondary N) is 2. The van der Waals surface area contributed by atoms with Crippen LogP contribution >= 0.6 is 0 Å². The first-order valence-corrected chi connectivity index (χ1v) is 7.33. The molecular weight excluding hydrogens is 252 g/mol. The minimum Gasteiger partial charge on any atom is -0.381 e. The van der Waals surface area contributed by atoms with Gasteiger partial charge in [0.1, 0.15) is 0 Å². The Morgan fingerprint density at radius 1 is 1.35 bits per heavy atom. The van der Waals surface area contributed by atoms with E-state index in [1.165, 1.54) is 5.56 Å². The zero-order chi connectivity index (χ0) is 14.8. The molecule has 0 saturated heterocycles. The molecule has 2 amide bonds. The lowest BCUT2D eigenvalue weighted by atomic mass is 10.1. The topological polar surface area (TPSA) is 50.4 Å². The molecule has 0 aliphatic carbocycles. The van der Waals surface area contributed by atoms with Crippen molar-refractivity contribution >= 4 is 11.7 Å². The van der Waals surface area contributed by atoms with Gasteiger partial charge in [-0.1, -0.05) is 32.9 Å². The van der Waals surface area contributed by atoms with Gasteiger partial charge in [-0.3, -0.25) is 0 Å². The number of carbonyl (C=O) groups is 1. The second kappa shape index (κ2) is 9.37. The van der Waals surface area contributed by atoms with E-state index in [1.807, 2.05) is 18.2 Å². The Labute approximate surface area is 121 Å². The molecule has 0 fully saturated rings. The van der Waals surface area contributed by atoms with Crippen LogP contribution in [0, 0.1) is 5.92 Å². The van der Waals surface area contributed by atoms with Crippen molar-refractivity contribution in [3.8, 4) is 0 Å². The zero-order valence-corrected chi connectivity index (χ0v) is 12.7. The van der Waals surface area contributed by atoms with Crippen molar-refractivity contribution in [1.29, 1.82) is 0 Å². The summed E-state index contributed by atoms with van der Waals surface area (Å²) in [5.41, 5.74) is 2.04. The van der Waals surface area contributed by atoms with E-state index >= 15 is 0 Å². The van der Waals surface area contributed by atoms with Crippen molar-refractivity contribution < 1.29 is 9.53 Å². The number of amides is 2. The molecule has 4 heteroatoms. The highest BCUT2D eigenvalue weighted by Gasteiger charge is 2.01. The molecule has 20 heavy (non-hydrogen) atoms. The van der Waals surface area contributed by atoms with Gasteiger partial charge in [-0.2, -0.15) is 0 Å². The highest BCUT2D eigenvalue weighted by Crippen LogP contribution is 2.10. The number of hydrogen-bond acceptors (Lipinski definition) is 2. The first-order valence-electron chi connectivity index (χ1n) is 7.33. The van der Waals surface area contributed by atoms with Gasteiger partial charge in [0.2, 0.25) is 0 Å². The van der Waals surface area contributed by atoms with Crippen LogP contribution in [0.5, 0.6) is 0 Å². The fraction of sp³-hybridized carbons (Fsp3) is 0.562. The smallest absolute Gasteiger partial charge is 0.319 e. The Bertz CT molecular complexity index is 405. The summed E-state index contributed by atoms with van der Waals surface area (Å²) in [6, 6.07) is 7.72. The molecule has 1 aromatic carbocycles. The fourth-order valence-electron chi connectivity index (χ4n) is 1.74. The van der Waals surface area contributed by atoms with Crippen LogP contribution in [0.2, 0.25) is 0 Å². The molecule has 112 valence electrons. The molecule has 0 aliphatic rings. The summed E-state index contributed by atoms with van der Waals surface area (Å²) < 4.78 is 5.45. The van der Waals surface area contributed by atoms with Gasteiger partial charge in [-0.15, -0.1) is 0 Å². The standard InChI is InChI=1S/C16H26N2O2/c1-4-14-7-5-8-15(11-14)18-16(19)17-9-6-10-20-12-13(2)3/h5,7-8,11,13H,4,6,9-10,12H2,1-3H3,(H2,17,18,19). The number of rotatable bonds is 8. The summed E-state index contributed by atoms with van der Waals surface area (Å²) in [6.07, 6.45) is 1.79. The van der Waals surface area contributed by atoms with Gasteiger partial charge in [0, 0.05) is 25.4 Å². The average molecular weight is 278 g/mol. The normalized spacial score (nSPS) is 10.6. The van der Waals surface area contributed by atoms with Gasteiger partial charge in [-0.25, -0.2) is 4.79 Å². The lowest BCUT2D eigenvalue weighted by Gasteiger charge is -2.09. The minimum absolute atomic E-state index is 0.165. The maximum atomic E-state index is 11.7. The predicted octanol–water partition coefficient (Wildman–Crippen LogP) is 3.43. The number of carbonyl (C=O) groups excluding carboxylic acids is 1. The molecule has 0 atom stereocenters. The number of ether oxygens (including phenoxy) is 1. The molecule has 4 nitrogen and oxygen atoms in total. The summed E-state index contributed by atoms with van der Waals surface area (Å²) in [7, 11) is 0. The molecule has 0 bridgehead atoms. The fourth-order valence-corrected chi connectivity index (χ4v) is 1.74. The maximum absolute atomic E-state index is 11.7. The quantitative estimate of drug-likeness (QED) is 0.716. The molecule has 2 N–H and O–H groups in total. The molecule has 0 unspecified atom stereocenters. The first kappa shape index (κ1) is 16.5. The third kappa shape index (κ3) is 7.14. The van der Waals surface area contributed by atoms with Crippen LogP contribution in [-0.2, 0) is 11.2 Å². The first-order chi connectivity index (χ1) is 9.61. The monoisotopic (exact) mass is 278 g/mol. The molecular formula is C16H26N2O2. The number of anilines is 1. The van der Waals surface area contributed by atoms with Crippen LogP contribution < -0.4 is 10.6 Å². The summed E-state index contributed by atoms with van der Waals surface area (Å²) >= 11 is 0. The van der Waals surface area contributed by atoms with Crippen molar-refractivity contribution in [2.45, 2.75) is 33.6 Å². The zero-order valence-electron chi connectivity index (χ0n) is 12.7. The van der Waals surface area contributed by atoms with Crippen LogP contribution in [0.4, 0.5) is 10.5 Å². The Kier molecular flexibility index (Phi) is 7.73. The Morgan fingerprint density at radius 3 is 2.85 bits per heavy atom. The third-order valence-electron chi connectivity index (χ3n) is 2.80. The summed E-state index contributed by atoms with van der Waals surface area (Å²) in [6.45, 7) is 8.42. The van der Waals surface area contributed by atoms with Crippen LogP contribution in [0.3, 0.4) is 0 Å². The number of urea groups is 1. The Morgan fingerprint density at radius 2 is 2.15 bits per heavy atom. The van der Waals surface area contributed by atoms with Gasteiger partial charge in [0.25, 0.3) is 0 Å². The highest BCUT2D eigenvalue weighted by atomic mass is 16.5. The Balaban J connectivity index is 2.16. The van der Waals surface area contributed by atoms with Crippen molar-refractivity contribution in [3.63, 3.8) is 0 Å². The van der Waals surface area contributed by atoms with Gasteiger partial charge >= 0.3 is 6.03 Å². The van der Waals surface area contributed by atoms with Crippen LogP contribution in [0.25, 0.3) is 0 Å². The average Bonchev–Trinajstić information content (AvgIpc) is 2.42. The summed E-state index contributed by atoms with van der Waals surface area (Å²) in [5, 5.41) is 5.66.